The van der Waals surface area contributed by atoms with E-state index in [0.29, 0.717) is 0 Å². The maximum Gasteiger partial charge on any atom is 0.0546 e. The van der Waals surface area contributed by atoms with Crippen LogP contribution < -0.4 is 9.80 Å². The van der Waals surface area contributed by atoms with Crippen LogP contribution in [0.5, 0.6) is 0 Å². The highest BCUT2D eigenvalue weighted by atomic mass is 32.1. The summed E-state index contributed by atoms with van der Waals surface area (Å²) in [5, 5.41) is 15.0. The quantitative estimate of drug-likeness (QED) is 0.133. The van der Waals surface area contributed by atoms with Gasteiger partial charge in [-0.05, 0) is 129 Å². The maximum atomic E-state index is 2.53. The van der Waals surface area contributed by atoms with Gasteiger partial charge < -0.3 is 9.80 Å². The molecular weight excluding hydrogens is 1030 g/mol. The van der Waals surface area contributed by atoms with Crippen molar-refractivity contribution in [2.75, 3.05) is 9.80 Å². The molecule has 0 saturated heterocycles. The van der Waals surface area contributed by atoms with E-state index < -0.39 is 0 Å². The lowest BCUT2D eigenvalue weighted by molar-refractivity contribution is 1.26. The Kier molecular flexibility index (Phi) is 11.4. The van der Waals surface area contributed by atoms with Crippen molar-refractivity contribution in [2.24, 2.45) is 0 Å². The van der Waals surface area contributed by atoms with Gasteiger partial charge >= 0.3 is 0 Å². The highest BCUT2D eigenvalue weighted by molar-refractivity contribution is 7.26. The van der Waals surface area contributed by atoms with Crippen molar-refractivity contribution in [2.45, 2.75) is 13.8 Å². The van der Waals surface area contributed by atoms with Gasteiger partial charge in [0.15, 0.2) is 0 Å². The van der Waals surface area contributed by atoms with Crippen molar-refractivity contribution >= 4 is 140 Å². The predicted molar refractivity (Wildman–Crippen MR) is 357 cm³/mol. The second-order valence-electron chi connectivity index (χ2n) is 21.6. The summed E-state index contributed by atoms with van der Waals surface area (Å²) in [5.74, 6) is 0. The summed E-state index contributed by atoms with van der Waals surface area (Å²) in [6.07, 6.45) is 0. The predicted octanol–water partition coefficient (Wildman–Crippen LogP) is 23.6. The topological polar surface area (TPSA) is 6.48 Å². The molecule has 0 aliphatic heterocycles. The lowest BCUT2D eigenvalue weighted by Gasteiger charge is -2.31. The first-order valence-corrected chi connectivity index (χ1v) is 29.8. The molecule has 0 aliphatic rings. The molecule has 16 rings (SSSR count). The van der Waals surface area contributed by atoms with Crippen LogP contribution in [0, 0.1) is 13.8 Å². The van der Waals surface area contributed by atoms with Crippen molar-refractivity contribution in [3.63, 3.8) is 0 Å². The fourth-order valence-electron chi connectivity index (χ4n) is 13.1. The lowest BCUT2D eigenvalue weighted by atomic mass is 9.94. The summed E-state index contributed by atoms with van der Waals surface area (Å²) in [7, 11) is 0. The molecule has 0 radical (unpaired) electrons. The Morgan fingerprint density at radius 2 is 0.573 bits per heavy atom. The minimum atomic E-state index is 1.13. The Hall–Kier alpha value is -9.84. The molecular formula is C78H52N2S2. The van der Waals surface area contributed by atoms with Crippen molar-refractivity contribution in [3.8, 4) is 33.4 Å². The van der Waals surface area contributed by atoms with E-state index in [2.05, 4.69) is 303 Å². The first kappa shape index (κ1) is 48.1. The van der Waals surface area contributed by atoms with Crippen molar-refractivity contribution < 1.29 is 0 Å². The Balaban J connectivity index is 0.869. The van der Waals surface area contributed by atoms with Gasteiger partial charge in [0, 0.05) is 84.7 Å². The molecule has 82 heavy (non-hydrogen) atoms. The third-order valence-electron chi connectivity index (χ3n) is 16.9. The van der Waals surface area contributed by atoms with Gasteiger partial charge in [-0.2, -0.15) is 0 Å². The van der Waals surface area contributed by atoms with Gasteiger partial charge in [-0.3, -0.25) is 0 Å². The van der Waals surface area contributed by atoms with Gasteiger partial charge in [0.1, 0.15) is 0 Å². The van der Waals surface area contributed by atoms with E-state index in [-0.39, 0.29) is 0 Å². The van der Waals surface area contributed by atoms with Crippen LogP contribution in [0.2, 0.25) is 0 Å². The number of hydrogen-bond acceptors (Lipinski definition) is 4. The molecule has 0 saturated carbocycles. The van der Waals surface area contributed by atoms with Gasteiger partial charge in [0.2, 0.25) is 0 Å². The Bertz CT molecular complexity index is 4910. The summed E-state index contributed by atoms with van der Waals surface area (Å²) >= 11 is 3.77. The molecule has 0 spiro atoms. The number of benzene rings is 14. The monoisotopic (exact) mass is 1080 g/mol. The number of rotatable bonds is 9. The molecule has 0 bridgehead atoms. The van der Waals surface area contributed by atoms with Gasteiger partial charge in [0.05, 0.1) is 22.7 Å². The summed E-state index contributed by atoms with van der Waals surface area (Å²) < 4.78 is 5.20. The van der Waals surface area contributed by atoms with E-state index in [1.54, 1.807) is 0 Å². The summed E-state index contributed by atoms with van der Waals surface area (Å²) in [6, 6.07) is 104. The zero-order valence-electron chi connectivity index (χ0n) is 45.3. The molecule has 386 valence electrons. The standard InChI is InChI=1S/C78H52N2S2/c1-49-45-51(41-43-69(49)79(73-47-53-21-3-5-23-55(53)57-25-7-9-27-59(57)73)71-37-15-11-29-61(71)65-33-19-35-67-63-31-13-17-39-75(63)81-77(65)67)52-42-44-70(50(2)46-52)80(74-48-54-22-4-6-24-56(54)58-26-8-10-28-60(58)74)72-38-16-12-30-62(72)66-34-20-36-68-64-32-14-18-40-76(64)82-78(66)68/h3-48H,1-2H3. The van der Waals surface area contributed by atoms with Gasteiger partial charge in [0.25, 0.3) is 0 Å². The molecule has 0 N–H and O–H groups in total. The van der Waals surface area contributed by atoms with E-state index >= 15 is 0 Å². The second-order valence-corrected chi connectivity index (χ2v) is 23.7. The number of aryl methyl sites for hydroxylation is 2. The first-order valence-electron chi connectivity index (χ1n) is 28.1. The van der Waals surface area contributed by atoms with E-state index in [9.17, 15) is 0 Å². The molecule has 0 unspecified atom stereocenters. The Morgan fingerprint density at radius 3 is 1.01 bits per heavy atom. The number of nitrogens with zero attached hydrogens (tertiary/aromatic N) is 2. The van der Waals surface area contributed by atoms with E-state index in [0.717, 1.165) is 34.1 Å². The van der Waals surface area contributed by atoms with Crippen molar-refractivity contribution in [3.05, 3.63) is 290 Å². The molecule has 14 aromatic carbocycles. The van der Waals surface area contributed by atoms with Crippen LogP contribution in [0.15, 0.2) is 279 Å². The van der Waals surface area contributed by atoms with Crippen LogP contribution in [-0.4, -0.2) is 0 Å². The van der Waals surface area contributed by atoms with Gasteiger partial charge in [-0.1, -0.05) is 218 Å². The van der Waals surface area contributed by atoms with E-state index in [1.165, 1.54) is 128 Å². The molecule has 2 heterocycles. The largest absolute Gasteiger partial charge is 0.309 e. The Morgan fingerprint density at radius 1 is 0.232 bits per heavy atom. The summed E-state index contributed by atoms with van der Waals surface area (Å²) in [5.41, 5.74) is 16.4. The third kappa shape index (κ3) is 7.74. The first-order chi connectivity index (χ1) is 40.5. The smallest absolute Gasteiger partial charge is 0.0546 e. The number of anilines is 6. The highest BCUT2D eigenvalue weighted by Gasteiger charge is 2.26. The van der Waals surface area contributed by atoms with Crippen LogP contribution in [0.1, 0.15) is 11.1 Å². The Labute approximate surface area is 484 Å². The average molecular weight is 1080 g/mol. The molecule has 0 amide bonds. The van der Waals surface area contributed by atoms with E-state index in [1.807, 2.05) is 22.7 Å². The van der Waals surface area contributed by atoms with E-state index in [4.69, 9.17) is 0 Å². The lowest BCUT2D eigenvalue weighted by Crippen LogP contribution is -2.13. The molecule has 0 aliphatic carbocycles. The highest BCUT2D eigenvalue weighted by Crippen LogP contribution is 2.52. The molecule has 2 nitrogen and oxygen atoms in total. The minimum Gasteiger partial charge on any atom is -0.309 e. The van der Waals surface area contributed by atoms with Crippen molar-refractivity contribution in [1.29, 1.82) is 0 Å². The van der Waals surface area contributed by atoms with Crippen LogP contribution in [0.3, 0.4) is 0 Å². The fourth-order valence-corrected chi connectivity index (χ4v) is 15.6. The maximum absolute atomic E-state index is 2.53. The zero-order valence-corrected chi connectivity index (χ0v) is 46.9. The average Bonchev–Trinajstić information content (AvgIpc) is 4.00. The molecule has 2 aromatic heterocycles. The van der Waals surface area contributed by atoms with Crippen LogP contribution in [0.25, 0.3) is 117 Å². The molecule has 16 aromatic rings. The minimum absolute atomic E-state index is 1.13. The number of thiophene rings is 2. The van der Waals surface area contributed by atoms with Crippen molar-refractivity contribution in [1.82, 2.24) is 0 Å². The molecule has 0 atom stereocenters. The summed E-state index contributed by atoms with van der Waals surface area (Å²) in [6.45, 7) is 4.57. The second kappa shape index (κ2) is 19.5. The molecule has 4 heteroatoms. The molecule has 0 fully saturated rings. The number of fused-ring (bicyclic) bond motifs is 12. The summed E-state index contributed by atoms with van der Waals surface area (Å²) in [4.78, 5) is 5.07. The number of para-hydroxylation sites is 2. The number of hydrogen-bond donors (Lipinski definition) is 0. The third-order valence-corrected chi connectivity index (χ3v) is 19.3. The van der Waals surface area contributed by atoms with Gasteiger partial charge in [-0.15, -0.1) is 22.7 Å². The zero-order chi connectivity index (χ0) is 54.4. The fraction of sp³-hybridized carbons (Fsp3) is 0.0256. The van der Waals surface area contributed by atoms with Crippen LogP contribution >= 0.6 is 22.7 Å². The van der Waals surface area contributed by atoms with Crippen LogP contribution in [-0.2, 0) is 0 Å². The SMILES string of the molecule is Cc1cc(-c2ccc(N(c3ccccc3-c3cccc4c3sc3ccccc34)c3cc4ccccc4c4ccccc34)c(C)c2)ccc1N(c1ccccc1-c1cccc2c1sc1ccccc12)c1cc2ccccc2c2ccccc12. The van der Waals surface area contributed by atoms with Gasteiger partial charge in [-0.25, -0.2) is 0 Å². The van der Waals surface area contributed by atoms with Crippen LogP contribution in [0.4, 0.5) is 34.1 Å². The normalized spacial score (nSPS) is 11.8.